The van der Waals surface area contributed by atoms with Crippen molar-refractivity contribution in [1.82, 2.24) is 25.4 Å². The van der Waals surface area contributed by atoms with Crippen molar-refractivity contribution in [2.75, 3.05) is 20.6 Å². The highest BCUT2D eigenvalue weighted by Crippen LogP contribution is 1.98. The summed E-state index contributed by atoms with van der Waals surface area (Å²) >= 11 is 0. The maximum Gasteiger partial charge on any atom is 0.291 e. The fraction of sp³-hybridized carbons (Fsp3) is 0.750. The number of hydrogen-bond acceptors (Lipinski definition) is 4. The molecule has 0 aliphatic rings. The molecular weight excluding hydrogens is 230 g/mol. The molecule has 18 heavy (non-hydrogen) atoms. The molecule has 0 saturated carbocycles. The lowest BCUT2D eigenvalue weighted by Crippen LogP contribution is -2.35. The Bertz CT molecular complexity index is 374. The highest BCUT2D eigenvalue weighted by atomic mass is 16.2. The summed E-state index contributed by atoms with van der Waals surface area (Å²) in [5, 5.41) is 9.60. The molecule has 1 aromatic rings. The van der Waals surface area contributed by atoms with Crippen molar-refractivity contribution in [3.63, 3.8) is 0 Å². The number of carbonyl (C=O) groups is 1. The molecule has 0 fully saturated rings. The van der Waals surface area contributed by atoms with Gasteiger partial charge in [0.25, 0.3) is 5.91 Å². The van der Waals surface area contributed by atoms with Gasteiger partial charge in [-0.3, -0.25) is 9.89 Å². The van der Waals surface area contributed by atoms with Crippen LogP contribution in [0.5, 0.6) is 0 Å². The van der Waals surface area contributed by atoms with Crippen LogP contribution in [0.15, 0.2) is 0 Å². The van der Waals surface area contributed by atoms with Crippen LogP contribution in [0.4, 0.5) is 0 Å². The minimum atomic E-state index is -0.208. The number of H-pyrrole nitrogens is 1. The third-order valence-corrected chi connectivity index (χ3v) is 2.61. The number of nitrogens with zero attached hydrogens (tertiary/aromatic N) is 3. The fourth-order valence-electron chi connectivity index (χ4n) is 1.56. The Balaban J connectivity index is 2.43. The first-order valence-corrected chi connectivity index (χ1v) is 6.39. The normalized spacial score (nSPS) is 12.7. The standard InChI is InChI=1S/C12H23N5O/c1-5-6-10-14-11(16-15-10)12(18)13-9(2)7-8-17(3)4/h9H,5-8H2,1-4H3,(H,13,18)(H,14,15,16). The first-order chi connectivity index (χ1) is 8.52. The van der Waals surface area contributed by atoms with Gasteiger partial charge in [0.1, 0.15) is 5.82 Å². The molecule has 1 unspecified atom stereocenters. The first-order valence-electron chi connectivity index (χ1n) is 6.39. The molecule has 0 aromatic carbocycles. The van der Waals surface area contributed by atoms with Crippen molar-refractivity contribution in [2.24, 2.45) is 0 Å². The van der Waals surface area contributed by atoms with Gasteiger partial charge in [-0.1, -0.05) is 6.92 Å². The van der Waals surface area contributed by atoms with Gasteiger partial charge in [0.2, 0.25) is 5.82 Å². The van der Waals surface area contributed by atoms with E-state index in [1.54, 1.807) is 0 Å². The average Bonchev–Trinajstić information content (AvgIpc) is 2.75. The Morgan fingerprint density at radius 2 is 2.22 bits per heavy atom. The monoisotopic (exact) mass is 253 g/mol. The summed E-state index contributed by atoms with van der Waals surface area (Å²) in [5.41, 5.74) is 0. The summed E-state index contributed by atoms with van der Waals surface area (Å²) in [5.74, 6) is 0.790. The molecule has 1 amide bonds. The van der Waals surface area contributed by atoms with E-state index in [0.717, 1.165) is 31.6 Å². The van der Waals surface area contributed by atoms with E-state index >= 15 is 0 Å². The minimum absolute atomic E-state index is 0.119. The molecule has 1 heterocycles. The van der Waals surface area contributed by atoms with Crippen molar-refractivity contribution in [3.8, 4) is 0 Å². The average molecular weight is 253 g/mol. The zero-order chi connectivity index (χ0) is 13.5. The third kappa shape index (κ3) is 4.83. The van der Waals surface area contributed by atoms with E-state index in [-0.39, 0.29) is 17.8 Å². The van der Waals surface area contributed by atoms with Crippen LogP contribution in [0.1, 0.15) is 43.1 Å². The molecule has 6 nitrogen and oxygen atoms in total. The summed E-state index contributed by atoms with van der Waals surface area (Å²) in [6, 6.07) is 0.119. The number of aromatic nitrogens is 3. The molecule has 2 N–H and O–H groups in total. The SMILES string of the molecule is CCCc1nc(C(=O)NC(C)CCN(C)C)n[nH]1. The molecule has 0 saturated heterocycles. The quantitative estimate of drug-likeness (QED) is 0.754. The van der Waals surface area contributed by atoms with Crippen LogP contribution in [0, 0.1) is 0 Å². The number of carbonyl (C=O) groups excluding carboxylic acids is 1. The Morgan fingerprint density at radius 3 is 2.83 bits per heavy atom. The Labute approximate surface area is 108 Å². The first kappa shape index (κ1) is 14.6. The maximum atomic E-state index is 11.8. The van der Waals surface area contributed by atoms with Gasteiger partial charge in [-0.2, -0.15) is 0 Å². The zero-order valence-corrected chi connectivity index (χ0v) is 11.7. The lowest BCUT2D eigenvalue weighted by Gasteiger charge is -2.15. The van der Waals surface area contributed by atoms with Gasteiger partial charge in [-0.15, -0.1) is 5.10 Å². The zero-order valence-electron chi connectivity index (χ0n) is 11.7. The highest BCUT2D eigenvalue weighted by Gasteiger charge is 2.14. The molecule has 1 atom stereocenters. The van der Waals surface area contributed by atoms with E-state index in [1.165, 1.54) is 0 Å². The van der Waals surface area contributed by atoms with Crippen molar-refractivity contribution < 1.29 is 4.79 Å². The lowest BCUT2D eigenvalue weighted by molar-refractivity contribution is 0.0926. The van der Waals surface area contributed by atoms with Crippen LogP contribution in [0.25, 0.3) is 0 Å². The van der Waals surface area contributed by atoms with Crippen LogP contribution in [0.2, 0.25) is 0 Å². The third-order valence-electron chi connectivity index (χ3n) is 2.61. The number of aromatic amines is 1. The number of nitrogens with one attached hydrogen (secondary N) is 2. The second-order valence-electron chi connectivity index (χ2n) is 4.82. The van der Waals surface area contributed by atoms with E-state index in [1.807, 2.05) is 21.0 Å². The van der Waals surface area contributed by atoms with E-state index in [2.05, 4.69) is 32.3 Å². The van der Waals surface area contributed by atoms with Crippen molar-refractivity contribution >= 4 is 5.91 Å². The smallest absolute Gasteiger partial charge is 0.291 e. The van der Waals surface area contributed by atoms with E-state index in [4.69, 9.17) is 0 Å². The summed E-state index contributed by atoms with van der Waals surface area (Å²) in [6.07, 6.45) is 2.71. The molecule has 1 rings (SSSR count). The second kappa shape index (κ2) is 7.10. The van der Waals surface area contributed by atoms with Crippen LogP contribution in [-0.4, -0.2) is 52.7 Å². The van der Waals surface area contributed by atoms with Gasteiger partial charge in [0.15, 0.2) is 0 Å². The van der Waals surface area contributed by atoms with Crippen LogP contribution in [-0.2, 0) is 6.42 Å². The Morgan fingerprint density at radius 1 is 1.50 bits per heavy atom. The lowest BCUT2D eigenvalue weighted by atomic mass is 10.2. The van der Waals surface area contributed by atoms with Crippen molar-refractivity contribution in [1.29, 1.82) is 0 Å². The molecule has 1 aromatic heterocycles. The van der Waals surface area contributed by atoms with Crippen LogP contribution in [0.3, 0.4) is 0 Å². The van der Waals surface area contributed by atoms with Crippen LogP contribution >= 0.6 is 0 Å². The fourth-order valence-corrected chi connectivity index (χ4v) is 1.56. The number of hydrogen-bond donors (Lipinski definition) is 2. The Kier molecular flexibility index (Phi) is 5.77. The predicted molar refractivity (Wildman–Crippen MR) is 70.5 cm³/mol. The summed E-state index contributed by atoms with van der Waals surface area (Å²) in [7, 11) is 4.03. The van der Waals surface area contributed by atoms with E-state index in [9.17, 15) is 4.79 Å². The predicted octanol–water partition coefficient (Wildman–Crippen LogP) is 0.827. The molecule has 0 spiro atoms. The molecule has 0 aliphatic carbocycles. The van der Waals surface area contributed by atoms with E-state index in [0.29, 0.717) is 0 Å². The number of rotatable bonds is 7. The van der Waals surface area contributed by atoms with E-state index < -0.39 is 0 Å². The minimum Gasteiger partial charge on any atom is -0.347 e. The molecule has 0 radical (unpaired) electrons. The van der Waals surface area contributed by atoms with Gasteiger partial charge < -0.3 is 10.2 Å². The van der Waals surface area contributed by atoms with Gasteiger partial charge in [0.05, 0.1) is 0 Å². The summed E-state index contributed by atoms with van der Waals surface area (Å²) in [6.45, 7) is 4.99. The summed E-state index contributed by atoms with van der Waals surface area (Å²) in [4.78, 5) is 18.1. The molecule has 0 bridgehead atoms. The Hall–Kier alpha value is -1.43. The maximum absolute atomic E-state index is 11.8. The van der Waals surface area contributed by atoms with Gasteiger partial charge >= 0.3 is 0 Å². The summed E-state index contributed by atoms with van der Waals surface area (Å²) < 4.78 is 0. The molecular formula is C12H23N5O. The highest BCUT2D eigenvalue weighted by molar-refractivity contribution is 5.90. The molecule has 102 valence electrons. The number of aryl methyl sites for hydroxylation is 1. The van der Waals surface area contributed by atoms with Crippen molar-refractivity contribution in [3.05, 3.63) is 11.6 Å². The van der Waals surface area contributed by atoms with Gasteiger partial charge in [0, 0.05) is 12.5 Å². The van der Waals surface area contributed by atoms with Crippen molar-refractivity contribution in [2.45, 2.75) is 39.2 Å². The molecule has 6 heteroatoms. The second-order valence-corrected chi connectivity index (χ2v) is 4.82. The van der Waals surface area contributed by atoms with Gasteiger partial charge in [-0.05, 0) is 40.4 Å². The largest absolute Gasteiger partial charge is 0.347 e. The molecule has 0 aliphatic heterocycles. The number of amides is 1. The topological polar surface area (TPSA) is 73.9 Å². The van der Waals surface area contributed by atoms with Crippen LogP contribution < -0.4 is 5.32 Å². The van der Waals surface area contributed by atoms with Gasteiger partial charge in [-0.25, -0.2) is 4.98 Å².